The van der Waals surface area contributed by atoms with Crippen molar-refractivity contribution in [1.82, 2.24) is 19.9 Å². The van der Waals surface area contributed by atoms with Crippen LogP contribution in [0.3, 0.4) is 0 Å². The molecule has 1 amide bonds. The van der Waals surface area contributed by atoms with E-state index in [4.69, 9.17) is 0 Å². The zero-order valence-electron chi connectivity index (χ0n) is 15.2. The highest BCUT2D eigenvalue weighted by Crippen LogP contribution is 2.22. The summed E-state index contributed by atoms with van der Waals surface area (Å²) < 4.78 is 2.03. The molecule has 2 aromatic heterocycles. The first-order valence-electron chi connectivity index (χ1n) is 8.93. The van der Waals surface area contributed by atoms with Crippen molar-refractivity contribution in [3.63, 3.8) is 0 Å². The molecule has 0 aliphatic heterocycles. The Morgan fingerprint density at radius 3 is 2.65 bits per heavy atom. The predicted octanol–water partition coefficient (Wildman–Crippen LogP) is 3.44. The number of rotatable bonds is 7. The van der Waals surface area contributed by atoms with Crippen LogP contribution in [0.15, 0.2) is 61.2 Å². The largest absolute Gasteiger partial charge is 0.345 e. The quantitative estimate of drug-likeness (QED) is 0.711. The summed E-state index contributed by atoms with van der Waals surface area (Å²) >= 11 is 0. The lowest BCUT2D eigenvalue weighted by Crippen LogP contribution is -2.30. The van der Waals surface area contributed by atoms with Gasteiger partial charge in [-0.3, -0.25) is 9.78 Å². The van der Waals surface area contributed by atoms with Gasteiger partial charge in [0.25, 0.3) is 0 Å². The third kappa shape index (κ3) is 4.36. The number of aryl methyl sites for hydroxylation is 3. The molecule has 2 heterocycles. The summed E-state index contributed by atoms with van der Waals surface area (Å²) in [5, 5.41) is 3.16. The fourth-order valence-electron chi connectivity index (χ4n) is 2.98. The Kier molecular flexibility index (Phi) is 5.79. The second-order valence-electron chi connectivity index (χ2n) is 6.34. The first-order valence-corrected chi connectivity index (χ1v) is 8.93. The van der Waals surface area contributed by atoms with Crippen LogP contribution in [0.5, 0.6) is 0 Å². The summed E-state index contributed by atoms with van der Waals surface area (Å²) in [5.74, 6) is 1.01. The normalized spacial score (nSPS) is 11.9. The van der Waals surface area contributed by atoms with Gasteiger partial charge in [-0.25, -0.2) is 4.98 Å². The molecule has 0 aliphatic carbocycles. The third-order valence-corrected chi connectivity index (χ3v) is 4.43. The average Bonchev–Trinajstić information content (AvgIpc) is 3.13. The summed E-state index contributed by atoms with van der Waals surface area (Å²) in [6.45, 7) is 4.75. The van der Waals surface area contributed by atoms with E-state index >= 15 is 0 Å². The maximum atomic E-state index is 12.6. The van der Waals surface area contributed by atoms with Crippen LogP contribution >= 0.6 is 0 Å². The Labute approximate surface area is 154 Å². The van der Waals surface area contributed by atoms with Crippen molar-refractivity contribution in [3.8, 4) is 0 Å². The minimum atomic E-state index is -0.203. The van der Waals surface area contributed by atoms with E-state index in [1.807, 2.05) is 22.9 Å². The Morgan fingerprint density at radius 1 is 1.15 bits per heavy atom. The molecular weight excluding hydrogens is 324 g/mol. The van der Waals surface area contributed by atoms with Crippen molar-refractivity contribution in [2.45, 2.75) is 39.3 Å². The topological polar surface area (TPSA) is 59.8 Å². The van der Waals surface area contributed by atoms with Gasteiger partial charge in [0.05, 0.1) is 6.04 Å². The lowest BCUT2D eigenvalue weighted by Gasteiger charge is -2.20. The van der Waals surface area contributed by atoms with Crippen LogP contribution in [0, 0.1) is 6.92 Å². The second-order valence-corrected chi connectivity index (χ2v) is 6.34. The molecule has 0 saturated heterocycles. The highest BCUT2D eigenvalue weighted by molar-refractivity contribution is 5.77. The van der Waals surface area contributed by atoms with E-state index in [-0.39, 0.29) is 11.9 Å². The van der Waals surface area contributed by atoms with Crippen molar-refractivity contribution in [2.75, 3.05) is 0 Å². The summed E-state index contributed by atoms with van der Waals surface area (Å²) in [6, 6.07) is 11.9. The van der Waals surface area contributed by atoms with Gasteiger partial charge >= 0.3 is 0 Å². The molecule has 0 saturated carbocycles. The maximum Gasteiger partial charge on any atom is 0.222 e. The van der Waals surface area contributed by atoms with Crippen LogP contribution < -0.4 is 5.32 Å². The van der Waals surface area contributed by atoms with Crippen molar-refractivity contribution in [2.24, 2.45) is 0 Å². The number of nitrogens with one attached hydrogen (secondary N) is 1. The van der Waals surface area contributed by atoms with Gasteiger partial charge < -0.3 is 9.88 Å². The van der Waals surface area contributed by atoms with Gasteiger partial charge in [-0.2, -0.15) is 0 Å². The van der Waals surface area contributed by atoms with Gasteiger partial charge in [0.1, 0.15) is 5.82 Å². The van der Waals surface area contributed by atoms with Crippen molar-refractivity contribution >= 4 is 5.91 Å². The number of nitrogens with zero attached hydrogens (tertiary/aromatic N) is 3. The Morgan fingerprint density at radius 2 is 1.96 bits per heavy atom. The van der Waals surface area contributed by atoms with Crippen LogP contribution in [0.4, 0.5) is 0 Å². The number of hydrogen-bond acceptors (Lipinski definition) is 3. The minimum absolute atomic E-state index is 0.00943. The molecule has 1 aromatic carbocycles. The Hall–Kier alpha value is -2.95. The van der Waals surface area contributed by atoms with E-state index in [0.29, 0.717) is 13.0 Å². The zero-order valence-corrected chi connectivity index (χ0v) is 15.2. The molecule has 3 rings (SSSR count). The summed E-state index contributed by atoms with van der Waals surface area (Å²) in [7, 11) is 0. The highest BCUT2D eigenvalue weighted by Gasteiger charge is 2.17. The smallest absolute Gasteiger partial charge is 0.222 e. The van der Waals surface area contributed by atoms with Gasteiger partial charge in [-0.15, -0.1) is 0 Å². The molecule has 0 fully saturated rings. The molecule has 3 aromatic rings. The molecule has 0 radical (unpaired) electrons. The number of amides is 1. The van der Waals surface area contributed by atoms with E-state index < -0.39 is 0 Å². The molecule has 5 nitrogen and oxygen atoms in total. The van der Waals surface area contributed by atoms with Gasteiger partial charge in [-0.05, 0) is 24.1 Å². The number of aromatic nitrogens is 3. The number of carbonyl (C=O) groups excluding carboxylic acids is 1. The molecule has 1 atom stereocenters. The number of benzene rings is 1. The Balaban J connectivity index is 1.73. The monoisotopic (exact) mass is 348 g/mol. The molecule has 134 valence electrons. The maximum absolute atomic E-state index is 12.6. The van der Waals surface area contributed by atoms with E-state index in [0.717, 1.165) is 23.4 Å². The number of imidazole rings is 1. The number of hydrogen-bond donors (Lipinski definition) is 1. The number of carbonyl (C=O) groups is 1. The molecule has 0 spiro atoms. The van der Waals surface area contributed by atoms with E-state index in [2.05, 4.69) is 53.4 Å². The SMILES string of the molecule is CCc1nccn1CCC(=O)N[C@H](c1ccc(C)cc1)c1cccnc1. The van der Waals surface area contributed by atoms with Crippen molar-refractivity contribution in [1.29, 1.82) is 0 Å². The van der Waals surface area contributed by atoms with Crippen molar-refractivity contribution < 1.29 is 4.79 Å². The summed E-state index contributed by atoms with van der Waals surface area (Å²) in [5.41, 5.74) is 3.22. The van der Waals surface area contributed by atoms with Gasteiger partial charge in [0, 0.05) is 44.2 Å². The fraction of sp³-hybridized carbons (Fsp3) is 0.286. The van der Waals surface area contributed by atoms with Crippen LogP contribution in [-0.2, 0) is 17.8 Å². The summed E-state index contributed by atoms with van der Waals surface area (Å²) in [6.07, 6.45) is 8.51. The molecule has 0 bridgehead atoms. The van der Waals surface area contributed by atoms with Gasteiger partial charge in [0.15, 0.2) is 0 Å². The van der Waals surface area contributed by atoms with E-state index in [1.165, 1.54) is 5.56 Å². The average molecular weight is 348 g/mol. The fourth-order valence-corrected chi connectivity index (χ4v) is 2.98. The molecule has 1 N–H and O–H groups in total. The lowest BCUT2D eigenvalue weighted by molar-refractivity contribution is -0.121. The van der Waals surface area contributed by atoms with Gasteiger partial charge in [0.2, 0.25) is 5.91 Å². The van der Waals surface area contributed by atoms with E-state index in [1.54, 1.807) is 18.6 Å². The highest BCUT2D eigenvalue weighted by atomic mass is 16.1. The molecule has 5 heteroatoms. The van der Waals surface area contributed by atoms with Crippen LogP contribution in [0.2, 0.25) is 0 Å². The minimum Gasteiger partial charge on any atom is -0.345 e. The standard InChI is InChI=1S/C21H24N4O/c1-3-19-23-12-14-25(19)13-10-20(26)24-21(18-5-4-11-22-15-18)17-8-6-16(2)7-9-17/h4-9,11-12,14-15,21H,3,10,13H2,1-2H3,(H,24,26)/t21-/m1/s1. The molecular formula is C21H24N4O. The van der Waals surface area contributed by atoms with Crippen LogP contribution in [-0.4, -0.2) is 20.4 Å². The second kappa shape index (κ2) is 8.43. The Bertz CT molecular complexity index is 840. The first-order chi connectivity index (χ1) is 12.7. The van der Waals surface area contributed by atoms with Gasteiger partial charge in [-0.1, -0.05) is 42.8 Å². The molecule has 0 aliphatic rings. The zero-order chi connectivity index (χ0) is 18.4. The molecule has 26 heavy (non-hydrogen) atoms. The molecule has 0 unspecified atom stereocenters. The lowest BCUT2D eigenvalue weighted by atomic mass is 9.99. The van der Waals surface area contributed by atoms with E-state index in [9.17, 15) is 4.79 Å². The predicted molar refractivity (Wildman–Crippen MR) is 102 cm³/mol. The van der Waals surface area contributed by atoms with Crippen LogP contribution in [0.1, 0.15) is 41.9 Å². The first kappa shape index (κ1) is 17.9. The van der Waals surface area contributed by atoms with Crippen molar-refractivity contribution in [3.05, 3.63) is 83.7 Å². The number of pyridine rings is 1. The summed E-state index contributed by atoms with van der Waals surface area (Å²) in [4.78, 5) is 21.1. The van der Waals surface area contributed by atoms with Crippen LogP contribution in [0.25, 0.3) is 0 Å². The third-order valence-electron chi connectivity index (χ3n) is 4.43.